The van der Waals surface area contributed by atoms with Crippen LogP contribution in [0.5, 0.6) is 0 Å². The molecular weight excluding hydrogens is 593 g/mol. The van der Waals surface area contributed by atoms with Crippen molar-refractivity contribution >= 4 is 51.1 Å². The van der Waals surface area contributed by atoms with Crippen molar-refractivity contribution in [1.82, 2.24) is 10.6 Å². The van der Waals surface area contributed by atoms with Crippen molar-refractivity contribution in [1.29, 1.82) is 0 Å². The second kappa shape index (κ2) is 24.5. The van der Waals surface area contributed by atoms with E-state index in [0.717, 1.165) is 12.8 Å². The predicted molar refractivity (Wildman–Crippen MR) is 181 cm³/mol. The molecule has 9 N–H and O–H groups in total. The number of carboxylic acids is 1. The molecule has 0 bridgehead atoms. The van der Waals surface area contributed by atoms with Crippen molar-refractivity contribution in [2.24, 2.45) is 11.5 Å². The lowest BCUT2D eigenvalue weighted by Gasteiger charge is -2.34. The van der Waals surface area contributed by atoms with Crippen LogP contribution in [-0.2, 0) is 22.6 Å². The van der Waals surface area contributed by atoms with Crippen molar-refractivity contribution < 1.29 is 33.2 Å². The Labute approximate surface area is 255 Å². The van der Waals surface area contributed by atoms with Gasteiger partial charge >= 0.3 is 5.97 Å². The summed E-state index contributed by atoms with van der Waals surface area (Å²) >= 11 is 0. The Balaban J connectivity index is -0.000000267. The van der Waals surface area contributed by atoms with Gasteiger partial charge in [-0.1, -0.05) is 46.5 Å². The minimum Gasteiger partial charge on any atom is -0.481 e. The van der Waals surface area contributed by atoms with E-state index in [4.69, 9.17) is 24.8 Å². The molecule has 0 aliphatic heterocycles. The number of rotatable bonds is 18. The van der Waals surface area contributed by atoms with Crippen LogP contribution in [-0.4, -0.2) is 86.3 Å². The first kappa shape index (κ1) is 47.0. The summed E-state index contributed by atoms with van der Waals surface area (Å²) in [5, 5.41) is 14.1. The second-order valence-electron chi connectivity index (χ2n) is 12.5. The molecule has 0 atom stereocenters. The third-order valence-electron chi connectivity index (χ3n) is 5.65. The highest BCUT2D eigenvalue weighted by Crippen LogP contribution is 2.13. The van der Waals surface area contributed by atoms with E-state index in [1.807, 2.05) is 13.8 Å². The molecule has 0 saturated carbocycles. The Morgan fingerprint density at radius 3 is 1.27 bits per heavy atom. The van der Waals surface area contributed by atoms with Gasteiger partial charge in [0.05, 0.1) is 0 Å². The summed E-state index contributed by atoms with van der Waals surface area (Å²) < 4.78 is 12.2. The average Bonchev–Trinajstić information content (AvgIpc) is 2.85. The van der Waals surface area contributed by atoms with E-state index < -0.39 is 39.2 Å². The van der Waals surface area contributed by atoms with E-state index in [1.165, 1.54) is 19.3 Å². The molecule has 0 aliphatic rings. The largest absolute Gasteiger partial charge is 0.481 e. The first-order chi connectivity index (χ1) is 18.2. The Morgan fingerprint density at radius 1 is 0.634 bits per heavy atom. The van der Waals surface area contributed by atoms with Gasteiger partial charge in [0.25, 0.3) is 0 Å². The monoisotopic (exact) mass is 658 g/mol. The molecule has 41 heavy (non-hydrogen) atoms. The highest BCUT2D eigenvalue weighted by atomic mass is 28.4. The SMILES string of the molecule is CCC(=O)NC[Si](C)(C)O[Si](C)(C)CNC(=O)CC.CCCCCCCC(=O)O.C[Si](C)(CN)O[Si](C)(C)CN.O. The van der Waals surface area contributed by atoms with Gasteiger partial charge in [-0.05, 0) is 58.8 Å². The number of amides is 2. The Hall–Kier alpha value is -0.922. The number of unbranched alkanes of at least 4 members (excludes halogenated alkanes) is 4. The fraction of sp³-hybridized carbons (Fsp3) is 0.885. The lowest BCUT2D eigenvalue weighted by molar-refractivity contribution is -0.137. The number of carbonyl (C=O) groups is 3. The molecule has 0 rings (SSSR count). The van der Waals surface area contributed by atoms with Gasteiger partial charge in [-0.15, -0.1) is 0 Å². The van der Waals surface area contributed by atoms with Crippen molar-refractivity contribution in [3.8, 4) is 0 Å². The van der Waals surface area contributed by atoms with E-state index in [1.54, 1.807) is 0 Å². The zero-order chi connectivity index (χ0) is 32.0. The predicted octanol–water partition coefficient (Wildman–Crippen LogP) is 3.56. The molecule has 0 spiro atoms. The zero-order valence-corrected chi connectivity index (χ0v) is 32.1. The average molecular weight is 659 g/mol. The smallest absolute Gasteiger partial charge is 0.303 e. The lowest BCUT2D eigenvalue weighted by atomic mass is 10.1. The summed E-state index contributed by atoms with van der Waals surface area (Å²) in [6.45, 7) is 22.8. The van der Waals surface area contributed by atoms with E-state index in [0.29, 0.717) is 43.9 Å². The Bertz CT molecular complexity index is 669. The van der Waals surface area contributed by atoms with Crippen LogP contribution in [0.3, 0.4) is 0 Å². The van der Waals surface area contributed by atoms with Crippen LogP contribution < -0.4 is 22.1 Å². The van der Waals surface area contributed by atoms with Gasteiger partial charge in [0.2, 0.25) is 11.8 Å². The molecular formula is C26H66N4O7Si4. The van der Waals surface area contributed by atoms with Crippen LogP contribution in [0, 0.1) is 0 Å². The number of carboxylic acid groups (broad SMARTS) is 1. The van der Waals surface area contributed by atoms with Crippen LogP contribution in [0.2, 0.25) is 52.4 Å². The molecule has 248 valence electrons. The lowest BCUT2D eigenvalue weighted by Crippen LogP contribution is -2.55. The summed E-state index contributed by atoms with van der Waals surface area (Å²) in [7, 11) is -6.99. The molecule has 11 nitrogen and oxygen atoms in total. The highest BCUT2D eigenvalue weighted by molar-refractivity contribution is 6.85. The van der Waals surface area contributed by atoms with Crippen LogP contribution in [0.4, 0.5) is 0 Å². The van der Waals surface area contributed by atoms with Gasteiger partial charge in [-0.3, -0.25) is 14.4 Å². The first-order valence-corrected chi connectivity index (χ1v) is 27.2. The topological polar surface area (TPSA) is 198 Å². The van der Waals surface area contributed by atoms with Crippen molar-refractivity contribution in [2.45, 2.75) is 125 Å². The summed E-state index contributed by atoms with van der Waals surface area (Å²) in [5.41, 5.74) is 11.2. The number of nitrogens with one attached hydrogen (secondary N) is 2. The van der Waals surface area contributed by atoms with Gasteiger partial charge in [0.1, 0.15) is 0 Å². The quantitative estimate of drug-likeness (QED) is 0.109. The van der Waals surface area contributed by atoms with Crippen molar-refractivity contribution in [2.75, 3.05) is 24.7 Å². The minimum atomic E-state index is -1.92. The van der Waals surface area contributed by atoms with Crippen LogP contribution in [0.1, 0.15) is 72.1 Å². The summed E-state index contributed by atoms with van der Waals surface area (Å²) in [6, 6.07) is 0. The number of hydrogen-bond donors (Lipinski definition) is 5. The number of carbonyl (C=O) groups excluding carboxylic acids is 2. The molecule has 0 saturated heterocycles. The maximum atomic E-state index is 11.3. The first-order valence-electron chi connectivity index (χ1n) is 14.8. The molecule has 0 heterocycles. The Morgan fingerprint density at radius 2 is 0.976 bits per heavy atom. The third kappa shape index (κ3) is 33.4. The maximum absolute atomic E-state index is 11.3. The van der Waals surface area contributed by atoms with Crippen LogP contribution in [0.25, 0.3) is 0 Å². The van der Waals surface area contributed by atoms with Crippen LogP contribution in [0.15, 0.2) is 0 Å². The van der Waals surface area contributed by atoms with Gasteiger partial charge in [0, 0.05) is 43.9 Å². The number of aliphatic carboxylic acids is 1. The maximum Gasteiger partial charge on any atom is 0.303 e. The Kier molecular flexibility index (Phi) is 28.1. The molecule has 0 radical (unpaired) electrons. The van der Waals surface area contributed by atoms with Gasteiger partial charge in [0.15, 0.2) is 33.3 Å². The van der Waals surface area contributed by atoms with E-state index >= 15 is 0 Å². The summed E-state index contributed by atoms with van der Waals surface area (Å²) in [5.74, 6) is -0.553. The zero-order valence-electron chi connectivity index (χ0n) is 28.1. The summed E-state index contributed by atoms with van der Waals surface area (Å²) in [4.78, 5) is 32.6. The molecule has 0 aromatic rings. The molecule has 0 aromatic carbocycles. The van der Waals surface area contributed by atoms with E-state index in [2.05, 4.69) is 69.9 Å². The molecule has 0 aliphatic carbocycles. The fourth-order valence-electron chi connectivity index (χ4n) is 3.40. The van der Waals surface area contributed by atoms with Crippen molar-refractivity contribution in [3.63, 3.8) is 0 Å². The van der Waals surface area contributed by atoms with Gasteiger partial charge < -0.3 is 40.9 Å². The molecule has 15 heteroatoms. The van der Waals surface area contributed by atoms with E-state index in [-0.39, 0.29) is 17.3 Å². The highest BCUT2D eigenvalue weighted by Gasteiger charge is 2.33. The van der Waals surface area contributed by atoms with Gasteiger partial charge in [-0.25, -0.2) is 0 Å². The number of hydrogen-bond acceptors (Lipinski definition) is 7. The normalized spacial score (nSPS) is 11.6. The molecule has 0 unspecified atom stereocenters. The van der Waals surface area contributed by atoms with E-state index in [9.17, 15) is 14.4 Å². The minimum absolute atomic E-state index is 0. The number of nitrogens with two attached hydrogens (primary N) is 2. The van der Waals surface area contributed by atoms with Gasteiger partial charge in [-0.2, -0.15) is 0 Å². The van der Waals surface area contributed by atoms with Crippen molar-refractivity contribution in [3.05, 3.63) is 0 Å². The van der Waals surface area contributed by atoms with Crippen LogP contribution >= 0.6 is 0 Å². The fourth-order valence-corrected chi connectivity index (χ4v) is 17.9. The third-order valence-corrected chi connectivity index (χ3v) is 18.5. The molecule has 0 fully saturated rings. The molecule has 0 aromatic heterocycles. The second-order valence-corrected chi connectivity index (χ2v) is 29.7. The molecule has 2 amide bonds. The standard InChI is InChI=1S/C12H28N2O3Si2.C8H16O2.C6H20N2OSi2.H2O/c1-7-11(15)13-9-18(3,4)17-19(5,6)10-14-12(16)8-2;1-2-3-4-5-6-7-8(9)10;1-10(2,5-7)9-11(3,4)6-8;/h7-10H2,1-6H3,(H,13,15)(H,14,16);2-7H2,1H3,(H,9,10);5-8H2,1-4H3;1H2. The summed E-state index contributed by atoms with van der Waals surface area (Å²) in [6.07, 6.45) is 9.49.